The van der Waals surface area contributed by atoms with Crippen LogP contribution in [0, 0.1) is 11.8 Å². The van der Waals surface area contributed by atoms with Gasteiger partial charge in [0.05, 0.1) is 18.8 Å². The lowest BCUT2D eigenvalue weighted by Gasteiger charge is -2.46. The first-order valence-electron chi connectivity index (χ1n) is 11.7. The van der Waals surface area contributed by atoms with Crippen molar-refractivity contribution < 1.29 is 49.1 Å². The van der Waals surface area contributed by atoms with Gasteiger partial charge >= 0.3 is 0 Å². The van der Waals surface area contributed by atoms with Crippen molar-refractivity contribution in [3.63, 3.8) is 0 Å². The minimum atomic E-state index is -2.68. The second kappa shape index (κ2) is 8.53. The highest BCUT2D eigenvalue weighted by Gasteiger charge is 2.60. The molecule has 3 atom stereocenters. The Labute approximate surface area is 209 Å². The van der Waals surface area contributed by atoms with E-state index in [0.717, 1.165) is 6.07 Å². The third kappa shape index (κ3) is 3.47. The van der Waals surface area contributed by atoms with Crippen molar-refractivity contribution in [2.24, 2.45) is 17.6 Å². The topological polar surface area (TPSA) is 205 Å². The summed E-state index contributed by atoms with van der Waals surface area (Å²) in [6.45, 7) is 1.03. The van der Waals surface area contributed by atoms with Gasteiger partial charge in [0.1, 0.15) is 22.8 Å². The van der Waals surface area contributed by atoms with E-state index in [1.54, 1.807) is 0 Å². The highest BCUT2D eigenvalue weighted by molar-refractivity contribution is 6.43. The van der Waals surface area contributed by atoms with Crippen LogP contribution < -0.4 is 5.73 Å². The van der Waals surface area contributed by atoms with Crippen molar-refractivity contribution in [2.45, 2.75) is 24.9 Å². The van der Waals surface area contributed by atoms with Crippen LogP contribution in [0.15, 0.2) is 29.0 Å². The van der Waals surface area contributed by atoms with E-state index in [4.69, 9.17) is 10.5 Å². The number of morpholine rings is 1. The number of benzene rings is 1. The molecule has 194 valence electrons. The number of phenols is 1. The molecule has 1 aliphatic heterocycles. The van der Waals surface area contributed by atoms with Crippen LogP contribution in [0.3, 0.4) is 0 Å². The van der Waals surface area contributed by atoms with Crippen molar-refractivity contribution in [3.05, 3.63) is 45.7 Å². The van der Waals surface area contributed by atoms with Gasteiger partial charge in [-0.05, 0) is 36.5 Å². The largest absolute Gasteiger partial charge is 0.508 e. The van der Waals surface area contributed by atoms with E-state index in [0.29, 0.717) is 0 Å². The number of aromatic hydroxyl groups is 1. The number of hydrogen-bond donors (Lipinski definition) is 5. The third-order valence-corrected chi connectivity index (χ3v) is 7.68. The molecule has 1 heterocycles. The number of amides is 2. The van der Waals surface area contributed by atoms with Gasteiger partial charge in [0.2, 0.25) is 5.78 Å². The van der Waals surface area contributed by atoms with Crippen molar-refractivity contribution in [1.82, 2.24) is 4.90 Å². The second-order valence-corrected chi connectivity index (χ2v) is 9.63. The van der Waals surface area contributed by atoms with E-state index in [1.807, 2.05) is 0 Å². The molecule has 4 aliphatic rings. The van der Waals surface area contributed by atoms with Gasteiger partial charge in [0.15, 0.2) is 11.4 Å². The number of Topliss-reactive ketones (excluding diaryl/α,β-unsaturated/α-hetero) is 3. The molecule has 12 heteroatoms. The van der Waals surface area contributed by atoms with Crippen LogP contribution in [0.25, 0.3) is 5.76 Å². The Balaban J connectivity index is 1.61. The van der Waals surface area contributed by atoms with Gasteiger partial charge in [0.25, 0.3) is 17.6 Å². The summed E-state index contributed by atoms with van der Waals surface area (Å²) in [4.78, 5) is 65.1. The zero-order valence-electron chi connectivity index (χ0n) is 19.5. The molecule has 2 amide bonds. The normalized spacial score (nSPS) is 27.4. The van der Waals surface area contributed by atoms with E-state index in [-0.39, 0.29) is 61.4 Å². The highest BCUT2D eigenvalue weighted by Crippen LogP contribution is 2.52. The number of phenolic OH excluding ortho intramolecular Hbond substituents is 1. The number of aliphatic hydroxyl groups is 3. The third-order valence-electron chi connectivity index (χ3n) is 7.68. The smallest absolute Gasteiger partial charge is 0.295 e. The fraction of sp³-hybridized carbons (Fsp3) is 0.400. The van der Waals surface area contributed by atoms with Crippen LogP contribution >= 0.6 is 0 Å². The van der Waals surface area contributed by atoms with E-state index in [1.165, 1.54) is 11.0 Å². The minimum Gasteiger partial charge on any atom is -0.508 e. The van der Waals surface area contributed by atoms with Crippen LogP contribution in [0.1, 0.15) is 34.3 Å². The zero-order chi connectivity index (χ0) is 26.8. The molecule has 12 nitrogen and oxygen atoms in total. The predicted octanol–water partition coefficient (Wildman–Crippen LogP) is -0.535. The van der Waals surface area contributed by atoms with E-state index >= 15 is 0 Å². The molecule has 1 unspecified atom stereocenters. The first kappa shape index (κ1) is 24.7. The van der Waals surface area contributed by atoms with Crippen LogP contribution in [-0.4, -0.2) is 86.4 Å². The molecule has 0 aromatic heterocycles. The Morgan fingerprint density at radius 3 is 2.38 bits per heavy atom. The number of fused-ring (bicyclic) bond motifs is 3. The first-order valence-corrected chi connectivity index (χ1v) is 11.7. The maximum absolute atomic E-state index is 13.5. The summed E-state index contributed by atoms with van der Waals surface area (Å²) in [5.41, 5.74) is 1.15. The number of nitrogens with zero attached hydrogens (tertiary/aromatic N) is 1. The quantitative estimate of drug-likeness (QED) is 0.199. The van der Waals surface area contributed by atoms with Gasteiger partial charge in [0, 0.05) is 36.6 Å². The molecular weight excluding hydrogens is 488 g/mol. The molecule has 0 bridgehead atoms. The molecule has 1 aromatic rings. The predicted molar refractivity (Wildman–Crippen MR) is 123 cm³/mol. The van der Waals surface area contributed by atoms with Gasteiger partial charge in [-0.3, -0.25) is 24.0 Å². The van der Waals surface area contributed by atoms with Gasteiger partial charge in [-0.25, -0.2) is 0 Å². The van der Waals surface area contributed by atoms with Crippen molar-refractivity contribution in [2.75, 3.05) is 26.3 Å². The summed E-state index contributed by atoms with van der Waals surface area (Å²) in [7, 11) is 0. The number of ether oxygens (including phenoxy) is 1. The summed E-state index contributed by atoms with van der Waals surface area (Å²) >= 11 is 0. The molecule has 0 spiro atoms. The summed E-state index contributed by atoms with van der Waals surface area (Å²) in [6.07, 6.45) is -0.604. The summed E-state index contributed by atoms with van der Waals surface area (Å²) < 4.78 is 5.21. The molecule has 1 aromatic carbocycles. The number of rotatable bonds is 3. The SMILES string of the molecule is NC(=O)C1=C(O)C2(O)C(=O)C3=C(O)c4c(O)ccc(C(=O)C(=O)N5CCOCC5)c4C[C@H]3C[C@H]2CC1=O. The Morgan fingerprint density at radius 2 is 1.73 bits per heavy atom. The summed E-state index contributed by atoms with van der Waals surface area (Å²) in [5.74, 6) is -9.20. The lowest BCUT2D eigenvalue weighted by Crippen LogP contribution is -2.58. The Bertz CT molecular complexity index is 1350. The molecule has 5 rings (SSSR count). The Hall–Kier alpha value is -4.03. The monoisotopic (exact) mass is 512 g/mol. The Kier molecular flexibility index (Phi) is 5.68. The number of carbonyl (C=O) groups is 5. The van der Waals surface area contributed by atoms with Gasteiger partial charge in [-0.15, -0.1) is 0 Å². The van der Waals surface area contributed by atoms with Crippen LogP contribution in [0.5, 0.6) is 5.75 Å². The lowest BCUT2D eigenvalue weighted by molar-refractivity contribution is -0.147. The van der Waals surface area contributed by atoms with E-state index in [9.17, 15) is 44.4 Å². The maximum atomic E-state index is 13.5. The number of carbonyl (C=O) groups excluding carboxylic acids is 5. The lowest BCUT2D eigenvalue weighted by atomic mass is 9.59. The fourth-order valence-corrected chi connectivity index (χ4v) is 5.86. The molecular formula is C25H24N2O10. The maximum Gasteiger partial charge on any atom is 0.295 e. The van der Waals surface area contributed by atoms with Crippen LogP contribution in [0.4, 0.5) is 0 Å². The standard InChI is InChI=1S/C25H24N2O10/c26-23(34)18-15(29)9-11-7-10-8-13-12(19(30)24(35)27-3-5-37-6-4-27)1-2-14(28)17(13)20(31)16(10)21(32)25(11,36)22(18)33/h1-2,10-11,28,31,33,36H,3-9H2,(H2,26,34)/t10-,11+,25?/m1/s1. The number of hydrogen-bond acceptors (Lipinski definition) is 10. The average Bonchev–Trinajstić information content (AvgIpc) is 2.86. The van der Waals surface area contributed by atoms with E-state index in [2.05, 4.69) is 0 Å². The van der Waals surface area contributed by atoms with Crippen molar-refractivity contribution >= 4 is 34.9 Å². The first-order chi connectivity index (χ1) is 17.5. The Morgan fingerprint density at radius 1 is 1.05 bits per heavy atom. The van der Waals surface area contributed by atoms with Crippen molar-refractivity contribution in [3.8, 4) is 5.75 Å². The number of aliphatic hydroxyl groups excluding tert-OH is 2. The molecule has 37 heavy (non-hydrogen) atoms. The fourth-order valence-electron chi connectivity index (χ4n) is 5.86. The van der Waals surface area contributed by atoms with Crippen LogP contribution in [0.2, 0.25) is 0 Å². The van der Waals surface area contributed by atoms with Crippen LogP contribution in [-0.2, 0) is 30.3 Å². The summed E-state index contributed by atoms with van der Waals surface area (Å²) in [5, 5.41) is 43.5. The molecule has 1 saturated carbocycles. The zero-order valence-corrected chi connectivity index (χ0v) is 19.5. The summed E-state index contributed by atoms with van der Waals surface area (Å²) in [6, 6.07) is 2.38. The number of primary amides is 1. The van der Waals surface area contributed by atoms with Gasteiger partial charge in [-0.1, -0.05) is 0 Å². The van der Waals surface area contributed by atoms with E-state index < -0.39 is 75.9 Å². The molecule has 1 saturated heterocycles. The number of nitrogens with two attached hydrogens (primary N) is 1. The van der Waals surface area contributed by atoms with Crippen molar-refractivity contribution in [1.29, 1.82) is 0 Å². The van der Waals surface area contributed by atoms with Gasteiger partial charge < -0.3 is 35.8 Å². The molecule has 2 fully saturated rings. The van der Waals surface area contributed by atoms with Gasteiger partial charge in [-0.2, -0.15) is 0 Å². The highest BCUT2D eigenvalue weighted by atomic mass is 16.5. The molecule has 6 N–H and O–H groups in total. The molecule has 3 aliphatic carbocycles. The molecule has 0 radical (unpaired) electrons. The minimum absolute atomic E-state index is 0.0540. The number of ketones is 3. The average molecular weight is 512 g/mol. The second-order valence-electron chi connectivity index (χ2n) is 9.63.